The van der Waals surface area contributed by atoms with Gasteiger partial charge in [0.05, 0.1) is 11.4 Å². The van der Waals surface area contributed by atoms with Crippen molar-refractivity contribution >= 4 is 39.1 Å². The van der Waals surface area contributed by atoms with Gasteiger partial charge in [-0.25, -0.2) is 8.42 Å². The van der Waals surface area contributed by atoms with Crippen molar-refractivity contribution in [1.29, 1.82) is 0 Å². The fourth-order valence-corrected chi connectivity index (χ4v) is 5.67. The summed E-state index contributed by atoms with van der Waals surface area (Å²) < 4.78 is 27.7. The van der Waals surface area contributed by atoms with Crippen molar-refractivity contribution in [1.82, 2.24) is 9.62 Å². The van der Waals surface area contributed by atoms with Gasteiger partial charge in [-0.2, -0.15) is 4.31 Å². The monoisotopic (exact) mass is 497 g/mol. The third kappa shape index (κ3) is 4.70. The number of carbonyl (C=O) groups is 2. The highest BCUT2D eigenvalue weighted by molar-refractivity contribution is 7.89. The van der Waals surface area contributed by atoms with E-state index in [1.54, 1.807) is 49.4 Å². The van der Waals surface area contributed by atoms with E-state index in [1.165, 1.54) is 17.0 Å². The van der Waals surface area contributed by atoms with Crippen molar-refractivity contribution < 1.29 is 18.0 Å². The standard InChI is InChI=1S/C25H24ClN3O4S/c1-25(24(31)27-16-19-8-4-2-5-9-19)18-28(34(32,33)22-10-6-3-7-11-22)17-23(30)29(25)21-14-12-20(26)13-15-21/h2-15H,16-18H2,1H3,(H,27,31)/t25-/m0/s1. The number of piperazine rings is 1. The smallest absolute Gasteiger partial charge is 0.247 e. The van der Waals surface area contributed by atoms with Gasteiger partial charge in [0.2, 0.25) is 21.8 Å². The van der Waals surface area contributed by atoms with Crippen LogP contribution in [0.1, 0.15) is 12.5 Å². The highest BCUT2D eigenvalue weighted by Crippen LogP contribution is 2.33. The Morgan fingerprint density at radius 3 is 2.18 bits per heavy atom. The molecule has 0 spiro atoms. The maximum atomic E-state index is 13.5. The molecule has 4 rings (SSSR count). The molecule has 3 aromatic carbocycles. The maximum absolute atomic E-state index is 13.5. The molecule has 0 bridgehead atoms. The number of benzene rings is 3. The van der Waals surface area contributed by atoms with E-state index in [-0.39, 0.29) is 24.5 Å². The predicted molar refractivity (Wildman–Crippen MR) is 131 cm³/mol. The molecule has 3 aromatic rings. The molecule has 1 saturated heterocycles. The molecule has 176 valence electrons. The third-order valence-electron chi connectivity index (χ3n) is 5.79. The van der Waals surface area contributed by atoms with Crippen molar-refractivity contribution in [2.45, 2.75) is 23.9 Å². The van der Waals surface area contributed by atoms with Crippen molar-refractivity contribution in [3.8, 4) is 0 Å². The Hall–Kier alpha value is -3.20. The lowest BCUT2D eigenvalue weighted by molar-refractivity contribution is -0.133. The van der Waals surface area contributed by atoms with Gasteiger partial charge in [-0.3, -0.25) is 14.5 Å². The molecule has 1 heterocycles. The number of hydrogen-bond acceptors (Lipinski definition) is 4. The topological polar surface area (TPSA) is 86.8 Å². The van der Waals surface area contributed by atoms with E-state index in [1.807, 2.05) is 30.3 Å². The van der Waals surface area contributed by atoms with Gasteiger partial charge >= 0.3 is 0 Å². The third-order valence-corrected chi connectivity index (χ3v) is 7.85. The fraction of sp³-hybridized carbons (Fsp3) is 0.200. The van der Waals surface area contributed by atoms with Crippen LogP contribution in [0.4, 0.5) is 5.69 Å². The lowest BCUT2D eigenvalue weighted by Crippen LogP contribution is -2.70. The molecule has 0 aliphatic carbocycles. The molecule has 1 atom stereocenters. The first kappa shape index (κ1) is 23.9. The zero-order valence-electron chi connectivity index (χ0n) is 18.5. The number of hydrogen-bond donors (Lipinski definition) is 1. The van der Waals surface area contributed by atoms with E-state index in [4.69, 9.17) is 11.6 Å². The minimum atomic E-state index is -3.99. The largest absolute Gasteiger partial charge is 0.350 e. The van der Waals surface area contributed by atoms with E-state index >= 15 is 0 Å². The van der Waals surface area contributed by atoms with Crippen LogP contribution in [0.25, 0.3) is 0 Å². The highest BCUT2D eigenvalue weighted by atomic mass is 35.5. The summed E-state index contributed by atoms with van der Waals surface area (Å²) in [5, 5.41) is 3.36. The average Bonchev–Trinajstić information content (AvgIpc) is 2.84. The minimum absolute atomic E-state index is 0.0646. The predicted octanol–water partition coefficient (Wildman–Crippen LogP) is 3.45. The van der Waals surface area contributed by atoms with Crippen LogP contribution in [0.5, 0.6) is 0 Å². The molecular formula is C25H24ClN3O4S. The van der Waals surface area contributed by atoms with Crippen molar-refractivity contribution in [2.75, 3.05) is 18.0 Å². The second kappa shape index (κ2) is 9.58. The summed E-state index contributed by atoms with van der Waals surface area (Å²) >= 11 is 6.02. The van der Waals surface area contributed by atoms with Gasteiger partial charge in [0.15, 0.2) is 0 Å². The number of halogens is 1. The van der Waals surface area contributed by atoms with Gasteiger partial charge in [-0.05, 0) is 48.9 Å². The van der Waals surface area contributed by atoms with Crippen molar-refractivity contribution in [2.24, 2.45) is 0 Å². The molecule has 2 amide bonds. The van der Waals surface area contributed by atoms with E-state index < -0.39 is 27.4 Å². The molecular weight excluding hydrogens is 474 g/mol. The van der Waals surface area contributed by atoms with Crippen LogP contribution in [-0.4, -0.2) is 43.2 Å². The normalized spacial score (nSPS) is 19.1. The molecule has 34 heavy (non-hydrogen) atoms. The zero-order valence-corrected chi connectivity index (χ0v) is 20.1. The summed E-state index contributed by atoms with van der Waals surface area (Å²) in [6, 6.07) is 23.8. The summed E-state index contributed by atoms with van der Waals surface area (Å²) in [5.41, 5.74) is -0.156. The number of amides is 2. The Morgan fingerprint density at radius 1 is 0.971 bits per heavy atom. The number of carbonyl (C=O) groups excluding carboxylic acids is 2. The summed E-state index contributed by atoms with van der Waals surface area (Å²) in [5.74, 6) is -0.974. The first-order valence-corrected chi connectivity index (χ1v) is 12.5. The fourth-order valence-electron chi connectivity index (χ4n) is 4.04. The second-order valence-electron chi connectivity index (χ2n) is 8.23. The number of nitrogens with one attached hydrogen (secondary N) is 1. The summed E-state index contributed by atoms with van der Waals surface area (Å²) in [7, 11) is -3.99. The minimum Gasteiger partial charge on any atom is -0.350 e. The van der Waals surface area contributed by atoms with Crippen LogP contribution in [0.2, 0.25) is 5.02 Å². The van der Waals surface area contributed by atoms with E-state index in [0.717, 1.165) is 9.87 Å². The Labute approximate surface area is 204 Å². The van der Waals surface area contributed by atoms with E-state index in [0.29, 0.717) is 10.7 Å². The number of sulfonamides is 1. The first-order chi connectivity index (χ1) is 16.2. The van der Waals surface area contributed by atoms with Crippen LogP contribution in [0.3, 0.4) is 0 Å². The lowest BCUT2D eigenvalue weighted by atomic mass is 9.94. The summed E-state index contributed by atoms with van der Waals surface area (Å²) in [6.45, 7) is 1.22. The lowest BCUT2D eigenvalue weighted by Gasteiger charge is -2.46. The molecule has 0 saturated carbocycles. The first-order valence-electron chi connectivity index (χ1n) is 10.7. The van der Waals surface area contributed by atoms with Gasteiger partial charge in [-0.15, -0.1) is 0 Å². The maximum Gasteiger partial charge on any atom is 0.247 e. The van der Waals surface area contributed by atoms with Crippen LogP contribution < -0.4 is 10.2 Å². The summed E-state index contributed by atoms with van der Waals surface area (Å²) in [6.07, 6.45) is 0. The number of anilines is 1. The molecule has 0 unspecified atom stereocenters. The van der Waals surface area contributed by atoms with Gasteiger partial charge in [0, 0.05) is 23.8 Å². The Kier molecular flexibility index (Phi) is 6.74. The number of nitrogens with zero attached hydrogens (tertiary/aromatic N) is 2. The van der Waals surface area contributed by atoms with Crippen molar-refractivity contribution in [3.63, 3.8) is 0 Å². The molecule has 7 nitrogen and oxygen atoms in total. The quantitative estimate of drug-likeness (QED) is 0.565. The van der Waals surface area contributed by atoms with Gasteiger partial charge in [-0.1, -0.05) is 60.1 Å². The van der Waals surface area contributed by atoms with Gasteiger partial charge in [0.1, 0.15) is 5.54 Å². The summed E-state index contributed by atoms with van der Waals surface area (Å²) in [4.78, 5) is 28.3. The highest BCUT2D eigenvalue weighted by Gasteiger charge is 2.51. The zero-order chi connectivity index (χ0) is 24.3. The Balaban J connectivity index is 1.70. The van der Waals surface area contributed by atoms with Crippen LogP contribution in [0, 0.1) is 0 Å². The second-order valence-corrected chi connectivity index (χ2v) is 10.6. The van der Waals surface area contributed by atoms with E-state index in [9.17, 15) is 18.0 Å². The van der Waals surface area contributed by atoms with Crippen LogP contribution in [0.15, 0.2) is 89.8 Å². The average molecular weight is 498 g/mol. The van der Waals surface area contributed by atoms with Crippen molar-refractivity contribution in [3.05, 3.63) is 95.5 Å². The van der Waals surface area contributed by atoms with Crippen LogP contribution in [-0.2, 0) is 26.2 Å². The molecule has 9 heteroatoms. The Morgan fingerprint density at radius 2 is 1.56 bits per heavy atom. The molecule has 1 aliphatic heterocycles. The molecule has 1 N–H and O–H groups in total. The molecule has 0 aromatic heterocycles. The van der Waals surface area contributed by atoms with Crippen LogP contribution >= 0.6 is 11.6 Å². The number of rotatable bonds is 6. The van der Waals surface area contributed by atoms with E-state index in [2.05, 4.69) is 5.32 Å². The molecule has 1 fully saturated rings. The molecule has 1 aliphatic rings. The SMILES string of the molecule is C[C@@]1(C(=O)NCc2ccccc2)CN(S(=O)(=O)c2ccccc2)CC(=O)N1c1ccc(Cl)cc1. The Bertz CT molecular complexity index is 1280. The molecule has 0 radical (unpaired) electrons. The van der Waals surface area contributed by atoms with Gasteiger partial charge < -0.3 is 5.32 Å². The van der Waals surface area contributed by atoms with Gasteiger partial charge in [0.25, 0.3) is 0 Å².